The maximum absolute atomic E-state index is 12.0. The van der Waals surface area contributed by atoms with E-state index in [4.69, 9.17) is 5.73 Å². The van der Waals surface area contributed by atoms with Crippen LogP contribution in [0.1, 0.15) is 19.5 Å². The van der Waals surface area contributed by atoms with Gasteiger partial charge in [-0.3, -0.25) is 4.79 Å². The number of anilines is 2. The van der Waals surface area contributed by atoms with Crippen LogP contribution in [0.2, 0.25) is 0 Å². The third-order valence-corrected chi connectivity index (χ3v) is 3.35. The van der Waals surface area contributed by atoms with Gasteiger partial charge in [0.25, 0.3) is 0 Å². The van der Waals surface area contributed by atoms with Crippen LogP contribution < -0.4 is 10.6 Å². The monoisotopic (exact) mass is 274 g/mol. The van der Waals surface area contributed by atoms with E-state index in [-0.39, 0.29) is 5.91 Å². The molecule has 0 bridgehead atoms. The summed E-state index contributed by atoms with van der Waals surface area (Å²) in [5.74, 6) is 0.925. The standard InChI is InChI=1S/C15H22N4O/c1-11(2)10-14(20)18-6-8-19(9-7-18)15-13(16)5-4-12(3)17-15/h4-5,10H,6-9,16H2,1-3H3. The average molecular weight is 274 g/mol. The van der Waals surface area contributed by atoms with E-state index in [1.807, 2.05) is 37.8 Å². The van der Waals surface area contributed by atoms with Gasteiger partial charge in [0.15, 0.2) is 5.82 Å². The van der Waals surface area contributed by atoms with Crippen molar-refractivity contribution in [3.63, 3.8) is 0 Å². The number of nitrogen functional groups attached to an aromatic ring is 1. The van der Waals surface area contributed by atoms with Crippen LogP contribution in [0.3, 0.4) is 0 Å². The molecular formula is C15H22N4O. The predicted octanol–water partition coefficient (Wildman–Crippen LogP) is 1.59. The van der Waals surface area contributed by atoms with Crippen LogP contribution in [-0.4, -0.2) is 42.0 Å². The molecule has 5 nitrogen and oxygen atoms in total. The number of carbonyl (C=O) groups excluding carboxylic acids is 1. The Balaban J connectivity index is 2.03. The Morgan fingerprint density at radius 1 is 1.25 bits per heavy atom. The number of aromatic nitrogens is 1. The van der Waals surface area contributed by atoms with Crippen LogP contribution in [0, 0.1) is 6.92 Å². The Kier molecular flexibility index (Phi) is 4.27. The Morgan fingerprint density at radius 2 is 1.90 bits per heavy atom. The first-order valence-electron chi connectivity index (χ1n) is 6.89. The van der Waals surface area contributed by atoms with Crippen molar-refractivity contribution in [2.75, 3.05) is 36.8 Å². The summed E-state index contributed by atoms with van der Waals surface area (Å²) in [6.07, 6.45) is 1.69. The summed E-state index contributed by atoms with van der Waals surface area (Å²) in [4.78, 5) is 20.5. The minimum atomic E-state index is 0.0924. The minimum absolute atomic E-state index is 0.0924. The minimum Gasteiger partial charge on any atom is -0.396 e. The summed E-state index contributed by atoms with van der Waals surface area (Å²) in [6, 6.07) is 3.80. The normalized spacial score (nSPS) is 15.2. The number of hydrogen-bond donors (Lipinski definition) is 1. The molecule has 2 rings (SSSR count). The van der Waals surface area contributed by atoms with Crippen molar-refractivity contribution < 1.29 is 4.79 Å². The quantitative estimate of drug-likeness (QED) is 0.832. The lowest BCUT2D eigenvalue weighted by Gasteiger charge is -2.35. The summed E-state index contributed by atoms with van der Waals surface area (Å²) in [5.41, 5.74) is 8.67. The van der Waals surface area contributed by atoms with Crippen molar-refractivity contribution in [2.24, 2.45) is 0 Å². The zero-order valence-electron chi connectivity index (χ0n) is 12.4. The van der Waals surface area contributed by atoms with E-state index in [9.17, 15) is 4.79 Å². The van der Waals surface area contributed by atoms with Crippen molar-refractivity contribution in [1.82, 2.24) is 9.88 Å². The van der Waals surface area contributed by atoms with Gasteiger partial charge in [-0.15, -0.1) is 0 Å². The van der Waals surface area contributed by atoms with Gasteiger partial charge < -0.3 is 15.5 Å². The highest BCUT2D eigenvalue weighted by molar-refractivity contribution is 5.88. The third kappa shape index (κ3) is 3.29. The highest BCUT2D eigenvalue weighted by Gasteiger charge is 2.21. The summed E-state index contributed by atoms with van der Waals surface area (Å²) < 4.78 is 0. The van der Waals surface area contributed by atoms with Gasteiger partial charge in [0.1, 0.15) is 0 Å². The fourth-order valence-electron chi connectivity index (χ4n) is 2.28. The van der Waals surface area contributed by atoms with E-state index >= 15 is 0 Å². The molecule has 2 N–H and O–H groups in total. The molecule has 1 aliphatic heterocycles. The van der Waals surface area contributed by atoms with E-state index in [1.54, 1.807) is 6.08 Å². The molecule has 1 aromatic heterocycles. The van der Waals surface area contributed by atoms with Crippen LogP contribution in [0.15, 0.2) is 23.8 Å². The third-order valence-electron chi connectivity index (χ3n) is 3.35. The zero-order valence-corrected chi connectivity index (χ0v) is 12.4. The van der Waals surface area contributed by atoms with Gasteiger partial charge in [-0.2, -0.15) is 0 Å². The van der Waals surface area contributed by atoms with E-state index in [0.29, 0.717) is 18.8 Å². The van der Waals surface area contributed by atoms with E-state index in [1.165, 1.54) is 0 Å². The number of pyridine rings is 1. The molecule has 5 heteroatoms. The molecule has 1 saturated heterocycles. The van der Waals surface area contributed by atoms with Crippen molar-refractivity contribution >= 4 is 17.4 Å². The molecule has 1 fully saturated rings. The molecule has 0 aliphatic carbocycles. The number of allylic oxidation sites excluding steroid dienone is 1. The van der Waals surface area contributed by atoms with Crippen LogP contribution in [0.25, 0.3) is 0 Å². The van der Waals surface area contributed by atoms with Gasteiger partial charge in [0, 0.05) is 37.9 Å². The fraction of sp³-hybridized carbons (Fsp3) is 0.467. The Labute approximate surface area is 120 Å². The molecule has 2 heterocycles. The number of hydrogen-bond acceptors (Lipinski definition) is 4. The highest BCUT2D eigenvalue weighted by Crippen LogP contribution is 2.22. The number of nitrogens with zero attached hydrogens (tertiary/aromatic N) is 3. The smallest absolute Gasteiger partial charge is 0.246 e. The number of piperazine rings is 1. The van der Waals surface area contributed by atoms with E-state index in [0.717, 1.165) is 30.2 Å². The highest BCUT2D eigenvalue weighted by atomic mass is 16.2. The van der Waals surface area contributed by atoms with Gasteiger partial charge in [-0.1, -0.05) is 5.57 Å². The Hall–Kier alpha value is -2.04. The van der Waals surface area contributed by atoms with Crippen LogP contribution >= 0.6 is 0 Å². The topological polar surface area (TPSA) is 62.5 Å². The summed E-state index contributed by atoms with van der Waals surface area (Å²) in [5, 5.41) is 0. The SMILES string of the molecule is CC(C)=CC(=O)N1CCN(c2nc(C)ccc2N)CC1. The first kappa shape index (κ1) is 14.4. The summed E-state index contributed by atoms with van der Waals surface area (Å²) in [7, 11) is 0. The number of amides is 1. The molecule has 0 atom stereocenters. The number of nitrogens with two attached hydrogens (primary N) is 1. The Morgan fingerprint density at radius 3 is 2.50 bits per heavy atom. The van der Waals surface area contributed by atoms with E-state index < -0.39 is 0 Å². The average Bonchev–Trinajstić information content (AvgIpc) is 2.41. The van der Waals surface area contributed by atoms with Gasteiger partial charge in [0.05, 0.1) is 5.69 Å². The second kappa shape index (κ2) is 5.94. The van der Waals surface area contributed by atoms with E-state index in [2.05, 4.69) is 9.88 Å². The molecule has 1 aromatic rings. The molecule has 0 aromatic carbocycles. The number of aryl methyl sites for hydroxylation is 1. The van der Waals surface area contributed by atoms with Crippen molar-refractivity contribution in [3.8, 4) is 0 Å². The fourth-order valence-corrected chi connectivity index (χ4v) is 2.28. The molecule has 20 heavy (non-hydrogen) atoms. The maximum Gasteiger partial charge on any atom is 0.246 e. The maximum atomic E-state index is 12.0. The molecule has 0 saturated carbocycles. The van der Waals surface area contributed by atoms with Gasteiger partial charge in [-0.05, 0) is 32.9 Å². The molecule has 0 spiro atoms. The molecular weight excluding hydrogens is 252 g/mol. The summed E-state index contributed by atoms with van der Waals surface area (Å²) in [6.45, 7) is 8.77. The molecule has 1 aliphatic rings. The number of carbonyl (C=O) groups is 1. The lowest BCUT2D eigenvalue weighted by molar-refractivity contribution is -0.126. The second-order valence-corrected chi connectivity index (χ2v) is 5.40. The van der Waals surface area contributed by atoms with Crippen molar-refractivity contribution in [2.45, 2.75) is 20.8 Å². The molecule has 0 unspecified atom stereocenters. The lowest BCUT2D eigenvalue weighted by atomic mass is 10.2. The first-order valence-corrected chi connectivity index (χ1v) is 6.89. The lowest BCUT2D eigenvalue weighted by Crippen LogP contribution is -2.48. The second-order valence-electron chi connectivity index (χ2n) is 5.40. The molecule has 1 amide bonds. The molecule has 0 radical (unpaired) electrons. The van der Waals surface area contributed by atoms with Gasteiger partial charge in [0.2, 0.25) is 5.91 Å². The van der Waals surface area contributed by atoms with Crippen LogP contribution in [0.4, 0.5) is 11.5 Å². The largest absolute Gasteiger partial charge is 0.396 e. The van der Waals surface area contributed by atoms with Crippen molar-refractivity contribution in [3.05, 3.63) is 29.5 Å². The van der Waals surface area contributed by atoms with Gasteiger partial charge >= 0.3 is 0 Å². The number of rotatable bonds is 2. The van der Waals surface area contributed by atoms with Crippen LogP contribution in [-0.2, 0) is 4.79 Å². The van der Waals surface area contributed by atoms with Gasteiger partial charge in [-0.25, -0.2) is 4.98 Å². The van der Waals surface area contributed by atoms with Crippen LogP contribution in [0.5, 0.6) is 0 Å². The predicted molar refractivity (Wildman–Crippen MR) is 81.6 cm³/mol. The zero-order chi connectivity index (χ0) is 14.7. The first-order chi connectivity index (χ1) is 9.47. The van der Waals surface area contributed by atoms with Crippen molar-refractivity contribution in [1.29, 1.82) is 0 Å². The summed E-state index contributed by atoms with van der Waals surface area (Å²) >= 11 is 0. The molecule has 108 valence electrons. The Bertz CT molecular complexity index is 527.